The van der Waals surface area contributed by atoms with Crippen LogP contribution in [0, 0.1) is 0 Å². The normalized spacial score (nSPS) is 11.1. The van der Waals surface area contributed by atoms with Crippen molar-refractivity contribution in [1.82, 2.24) is 0 Å². The van der Waals surface area contributed by atoms with Gasteiger partial charge in [0.1, 0.15) is 5.75 Å². The zero-order chi connectivity index (χ0) is 14.8. The van der Waals surface area contributed by atoms with Gasteiger partial charge in [-0.05, 0) is 58.4 Å². The van der Waals surface area contributed by atoms with Gasteiger partial charge in [-0.1, -0.05) is 0 Å². The van der Waals surface area contributed by atoms with Crippen molar-refractivity contribution in [3.63, 3.8) is 0 Å². The Kier molecular flexibility index (Phi) is 4.20. The Morgan fingerprint density at radius 2 is 1.80 bits per heavy atom. The summed E-state index contributed by atoms with van der Waals surface area (Å²) in [6.45, 7) is 0. The highest BCUT2D eigenvalue weighted by molar-refractivity contribution is 9.10. The molecule has 20 heavy (non-hydrogen) atoms. The molecule has 0 aliphatic rings. The van der Waals surface area contributed by atoms with Crippen LogP contribution in [0.5, 0.6) is 5.75 Å². The molecule has 0 saturated heterocycles. The number of methoxy groups -OCH3 is 1. The summed E-state index contributed by atoms with van der Waals surface area (Å²) in [6.07, 6.45) is 0. The topological polar surface area (TPSA) is 81.4 Å². The molecule has 3 N–H and O–H groups in total. The second-order valence-electron chi connectivity index (χ2n) is 4.02. The average Bonchev–Trinajstić information content (AvgIpc) is 2.42. The minimum absolute atomic E-state index is 0.134. The van der Waals surface area contributed by atoms with Crippen LogP contribution in [0.1, 0.15) is 0 Å². The van der Waals surface area contributed by atoms with Crippen molar-refractivity contribution in [2.24, 2.45) is 0 Å². The lowest BCUT2D eigenvalue weighted by Crippen LogP contribution is -2.13. The van der Waals surface area contributed by atoms with E-state index in [4.69, 9.17) is 10.5 Å². The van der Waals surface area contributed by atoms with E-state index in [0.717, 1.165) is 0 Å². The summed E-state index contributed by atoms with van der Waals surface area (Å²) in [5.74, 6) is 0.656. The van der Waals surface area contributed by atoms with E-state index in [1.807, 2.05) is 0 Å². The lowest BCUT2D eigenvalue weighted by molar-refractivity contribution is 0.415. The maximum atomic E-state index is 12.2. The van der Waals surface area contributed by atoms with Crippen molar-refractivity contribution in [3.05, 3.63) is 46.9 Å². The Hall–Kier alpha value is -1.73. The van der Waals surface area contributed by atoms with E-state index >= 15 is 0 Å². The van der Waals surface area contributed by atoms with Crippen LogP contribution in [0.2, 0.25) is 0 Å². The second-order valence-corrected chi connectivity index (χ2v) is 6.55. The molecular weight excluding hydrogens is 344 g/mol. The molecule has 5 nitrogen and oxygen atoms in total. The van der Waals surface area contributed by atoms with Gasteiger partial charge < -0.3 is 10.5 Å². The van der Waals surface area contributed by atoms with Crippen molar-refractivity contribution in [2.45, 2.75) is 4.90 Å². The van der Waals surface area contributed by atoms with Crippen LogP contribution in [0.15, 0.2) is 51.8 Å². The van der Waals surface area contributed by atoms with E-state index in [1.54, 1.807) is 31.4 Å². The molecule has 0 heterocycles. The number of sulfonamides is 1. The van der Waals surface area contributed by atoms with Gasteiger partial charge in [-0.3, -0.25) is 4.72 Å². The Morgan fingerprint density at radius 1 is 1.15 bits per heavy atom. The van der Waals surface area contributed by atoms with Crippen LogP contribution >= 0.6 is 15.9 Å². The summed E-state index contributed by atoms with van der Waals surface area (Å²) in [5, 5.41) is 0. The Morgan fingerprint density at radius 3 is 2.35 bits per heavy atom. The Labute approximate surface area is 125 Å². The number of hydrogen-bond acceptors (Lipinski definition) is 4. The molecule has 2 aromatic rings. The van der Waals surface area contributed by atoms with E-state index in [0.29, 0.717) is 21.6 Å². The van der Waals surface area contributed by atoms with E-state index in [-0.39, 0.29) is 4.90 Å². The molecular formula is C13H13BrN2O3S. The number of nitrogens with one attached hydrogen (secondary N) is 1. The minimum atomic E-state index is -3.65. The van der Waals surface area contributed by atoms with E-state index < -0.39 is 10.0 Å². The second kappa shape index (κ2) is 5.72. The fourth-order valence-corrected chi connectivity index (χ4v) is 3.16. The predicted octanol–water partition coefficient (Wildman–Crippen LogP) is 2.84. The highest BCUT2D eigenvalue weighted by Gasteiger charge is 2.15. The zero-order valence-corrected chi connectivity index (χ0v) is 13.0. The van der Waals surface area contributed by atoms with Crippen LogP contribution in [0.4, 0.5) is 11.4 Å². The molecule has 0 radical (unpaired) electrons. The van der Waals surface area contributed by atoms with Gasteiger partial charge in [-0.25, -0.2) is 8.42 Å². The number of halogens is 1. The van der Waals surface area contributed by atoms with Gasteiger partial charge in [0.2, 0.25) is 0 Å². The first kappa shape index (κ1) is 14.7. The van der Waals surface area contributed by atoms with Crippen molar-refractivity contribution >= 4 is 37.3 Å². The monoisotopic (exact) mass is 356 g/mol. The average molecular weight is 357 g/mol. The third-order valence-corrected chi connectivity index (χ3v) is 4.69. The fourth-order valence-electron chi connectivity index (χ4n) is 1.55. The smallest absolute Gasteiger partial charge is 0.261 e. The summed E-state index contributed by atoms with van der Waals surface area (Å²) < 4.78 is 32.5. The lowest BCUT2D eigenvalue weighted by Gasteiger charge is -2.09. The van der Waals surface area contributed by atoms with Crippen LogP contribution in [-0.2, 0) is 10.0 Å². The van der Waals surface area contributed by atoms with Crippen LogP contribution in [0.25, 0.3) is 0 Å². The maximum absolute atomic E-state index is 12.2. The maximum Gasteiger partial charge on any atom is 0.261 e. The number of hydrogen-bond donors (Lipinski definition) is 2. The number of nitrogens with two attached hydrogens (primary N) is 1. The minimum Gasteiger partial charge on any atom is -0.497 e. The number of nitrogen functional groups attached to an aromatic ring is 1. The molecule has 0 saturated carbocycles. The van der Waals surface area contributed by atoms with Gasteiger partial charge in [0.25, 0.3) is 10.0 Å². The molecule has 2 rings (SSSR count). The zero-order valence-electron chi connectivity index (χ0n) is 10.6. The van der Waals surface area contributed by atoms with Gasteiger partial charge in [0.05, 0.1) is 12.0 Å². The number of anilines is 2. The molecule has 0 aromatic heterocycles. The fraction of sp³-hybridized carbons (Fsp3) is 0.0769. The molecule has 0 bridgehead atoms. The molecule has 106 valence electrons. The quantitative estimate of drug-likeness (QED) is 0.825. The van der Waals surface area contributed by atoms with Gasteiger partial charge in [-0.2, -0.15) is 0 Å². The Balaban J connectivity index is 2.27. The van der Waals surface area contributed by atoms with Gasteiger partial charge in [0, 0.05) is 15.8 Å². The van der Waals surface area contributed by atoms with Crippen LogP contribution < -0.4 is 15.2 Å². The molecule has 0 amide bonds. The largest absolute Gasteiger partial charge is 0.497 e. The highest BCUT2D eigenvalue weighted by atomic mass is 79.9. The van der Waals surface area contributed by atoms with Crippen molar-refractivity contribution in [1.29, 1.82) is 0 Å². The lowest BCUT2D eigenvalue weighted by atomic mass is 10.3. The van der Waals surface area contributed by atoms with Crippen LogP contribution in [-0.4, -0.2) is 15.5 Å². The summed E-state index contributed by atoms with van der Waals surface area (Å²) in [6, 6.07) is 11.1. The van der Waals surface area contributed by atoms with E-state index in [9.17, 15) is 8.42 Å². The van der Waals surface area contributed by atoms with Gasteiger partial charge in [-0.15, -0.1) is 0 Å². The molecule has 0 atom stereocenters. The summed E-state index contributed by atoms with van der Waals surface area (Å²) >= 11 is 3.21. The predicted molar refractivity (Wildman–Crippen MR) is 82.4 cm³/mol. The third kappa shape index (κ3) is 3.23. The molecule has 0 aliphatic carbocycles. The van der Waals surface area contributed by atoms with Crippen LogP contribution in [0.3, 0.4) is 0 Å². The summed E-state index contributed by atoms with van der Waals surface area (Å²) in [4.78, 5) is 0.134. The summed E-state index contributed by atoms with van der Waals surface area (Å²) in [5.41, 5.74) is 6.58. The third-order valence-electron chi connectivity index (χ3n) is 2.62. The molecule has 2 aromatic carbocycles. The number of ether oxygens (including phenoxy) is 1. The molecule has 0 unspecified atom stereocenters. The Bertz CT molecular complexity index is 715. The van der Waals surface area contributed by atoms with Crippen molar-refractivity contribution in [2.75, 3.05) is 17.6 Å². The highest BCUT2D eigenvalue weighted by Crippen LogP contribution is 2.25. The molecule has 0 aliphatic heterocycles. The van der Waals surface area contributed by atoms with E-state index in [2.05, 4.69) is 20.7 Å². The summed E-state index contributed by atoms with van der Waals surface area (Å²) in [7, 11) is -2.10. The first-order valence-electron chi connectivity index (χ1n) is 5.64. The molecule has 7 heteroatoms. The molecule has 0 fully saturated rings. The standard InChI is InChI=1S/C13H13BrN2O3S/c1-19-10-4-2-9(3-5-10)16-20(17,18)11-6-7-13(15)12(14)8-11/h2-8,16H,15H2,1H3. The van der Waals surface area contributed by atoms with Crippen molar-refractivity contribution in [3.8, 4) is 5.75 Å². The number of benzene rings is 2. The first-order chi connectivity index (χ1) is 9.42. The number of rotatable bonds is 4. The van der Waals surface area contributed by atoms with Crippen molar-refractivity contribution < 1.29 is 13.2 Å². The van der Waals surface area contributed by atoms with E-state index in [1.165, 1.54) is 18.2 Å². The first-order valence-corrected chi connectivity index (χ1v) is 7.92. The molecule has 0 spiro atoms. The van der Waals surface area contributed by atoms with Gasteiger partial charge in [0.15, 0.2) is 0 Å². The van der Waals surface area contributed by atoms with Gasteiger partial charge >= 0.3 is 0 Å². The SMILES string of the molecule is COc1ccc(NS(=O)(=O)c2ccc(N)c(Br)c2)cc1.